The van der Waals surface area contributed by atoms with E-state index in [1.165, 1.54) is 0 Å². The maximum Gasteiger partial charge on any atom is 0.130 e. The molecule has 0 radical (unpaired) electrons. The Kier molecular flexibility index (Phi) is 14.2. The van der Waals surface area contributed by atoms with Gasteiger partial charge in [0, 0.05) is 0 Å². The summed E-state index contributed by atoms with van der Waals surface area (Å²) in [6, 6.07) is 3.47. The van der Waals surface area contributed by atoms with Crippen molar-refractivity contribution in [2.75, 3.05) is 33.5 Å². The monoisotopic (exact) mass is 328 g/mol. The van der Waals surface area contributed by atoms with Gasteiger partial charge in [-0.15, -0.1) is 0 Å². The third-order valence-electron chi connectivity index (χ3n) is 2.49. The molecule has 1 heterocycles. The van der Waals surface area contributed by atoms with Crippen molar-refractivity contribution in [1.82, 2.24) is 0 Å². The molecule has 6 nitrogen and oxygen atoms in total. The fourth-order valence-corrected chi connectivity index (χ4v) is 1.46. The van der Waals surface area contributed by atoms with E-state index < -0.39 is 0 Å². The normalized spacial score (nSPS) is 11.4. The molecule has 2 N–H and O–H groups in total. The molecular weight excluding hydrogens is 300 g/mol. The van der Waals surface area contributed by atoms with Gasteiger partial charge in [-0.3, -0.25) is 0 Å². The first-order valence-electron chi connectivity index (χ1n) is 7.64. The predicted octanol–water partition coefficient (Wildman–Crippen LogP) is 2.41. The maximum absolute atomic E-state index is 8.88. The van der Waals surface area contributed by atoms with Crippen LogP contribution in [-0.4, -0.2) is 43.8 Å². The van der Waals surface area contributed by atoms with E-state index in [0.717, 1.165) is 0 Å². The lowest BCUT2D eigenvalue weighted by Gasteiger charge is -2.05. The molecule has 6 heteroatoms. The van der Waals surface area contributed by atoms with Crippen molar-refractivity contribution < 1.29 is 28.8 Å². The molecule has 0 amide bonds. The summed E-state index contributed by atoms with van der Waals surface area (Å²) in [7, 11) is 1.57. The molecular formula is C17H28O6. The molecule has 23 heavy (non-hydrogen) atoms. The summed E-state index contributed by atoms with van der Waals surface area (Å²) in [5, 5.41) is 17.4. The fraction of sp³-hybridized carbons (Fsp3) is 0.529. The Balaban J connectivity index is 0.00000232. The van der Waals surface area contributed by atoms with E-state index in [-0.39, 0.29) is 13.2 Å². The highest BCUT2D eigenvalue weighted by Gasteiger charge is 2.02. The van der Waals surface area contributed by atoms with Crippen molar-refractivity contribution in [2.45, 2.75) is 27.1 Å². The van der Waals surface area contributed by atoms with Crippen LogP contribution in [0.1, 0.15) is 25.4 Å². The number of ether oxygens (including phenoxy) is 3. The second kappa shape index (κ2) is 15.3. The van der Waals surface area contributed by atoms with Crippen LogP contribution in [0.15, 0.2) is 40.5 Å². The first kappa shape index (κ1) is 21.4. The van der Waals surface area contributed by atoms with Crippen molar-refractivity contribution in [3.63, 3.8) is 0 Å². The van der Waals surface area contributed by atoms with Gasteiger partial charge in [-0.05, 0) is 18.2 Å². The molecule has 0 unspecified atom stereocenters. The molecule has 0 saturated heterocycles. The summed E-state index contributed by atoms with van der Waals surface area (Å²) in [4.78, 5) is 0. The van der Waals surface area contributed by atoms with Crippen molar-refractivity contribution in [3.8, 4) is 0 Å². The Morgan fingerprint density at radius 3 is 2.52 bits per heavy atom. The van der Waals surface area contributed by atoms with Crippen molar-refractivity contribution in [1.29, 1.82) is 0 Å². The van der Waals surface area contributed by atoms with Crippen LogP contribution in [0.25, 0.3) is 0 Å². The van der Waals surface area contributed by atoms with Gasteiger partial charge in [-0.2, -0.15) is 0 Å². The zero-order chi connectivity index (χ0) is 17.3. The molecule has 1 aromatic rings. The Bertz CT molecular complexity index is 436. The molecule has 0 aliphatic carbocycles. The summed E-state index contributed by atoms with van der Waals surface area (Å²) in [5.74, 6) is 1.84. The average Bonchev–Trinajstić information content (AvgIpc) is 3.06. The number of aliphatic hydroxyl groups excluding tert-OH is 2. The van der Waals surface area contributed by atoms with E-state index in [4.69, 9.17) is 28.8 Å². The van der Waals surface area contributed by atoms with Gasteiger partial charge in [-0.25, -0.2) is 0 Å². The van der Waals surface area contributed by atoms with E-state index >= 15 is 0 Å². The smallest absolute Gasteiger partial charge is 0.130 e. The van der Waals surface area contributed by atoms with Crippen LogP contribution >= 0.6 is 0 Å². The summed E-state index contributed by atoms with van der Waals surface area (Å²) >= 11 is 0. The number of furan rings is 1. The lowest BCUT2D eigenvalue weighted by molar-refractivity contribution is 0.0898. The van der Waals surface area contributed by atoms with Gasteiger partial charge in [0.15, 0.2) is 0 Å². The second-order valence-electron chi connectivity index (χ2n) is 4.08. The highest BCUT2D eigenvalue weighted by Crippen LogP contribution is 2.09. The van der Waals surface area contributed by atoms with Gasteiger partial charge in [0.2, 0.25) is 0 Å². The summed E-state index contributed by atoms with van der Waals surface area (Å²) < 4.78 is 21.0. The van der Waals surface area contributed by atoms with Crippen LogP contribution in [0.5, 0.6) is 0 Å². The number of rotatable bonds is 11. The molecule has 0 saturated carbocycles. The van der Waals surface area contributed by atoms with Gasteiger partial charge < -0.3 is 28.8 Å². The van der Waals surface area contributed by atoms with Crippen LogP contribution in [0.2, 0.25) is 0 Å². The zero-order valence-corrected chi connectivity index (χ0v) is 14.2. The standard InChI is InChI=1S/C15H22O6.C2H6/c1-18-14(4-2-3-8-19-9-7-16)11-20-12-15-6-5-13(10-17)21-15;1-2/h2-6,16-17H,7-12H2,1H3;1-2H3/b3-2+,14-4-;. The van der Waals surface area contributed by atoms with Crippen molar-refractivity contribution in [2.24, 2.45) is 0 Å². The van der Waals surface area contributed by atoms with Gasteiger partial charge in [0.05, 0.1) is 26.9 Å². The lowest BCUT2D eigenvalue weighted by Crippen LogP contribution is -2.00. The number of allylic oxidation sites excluding steroid dienone is 2. The molecule has 0 bridgehead atoms. The Morgan fingerprint density at radius 2 is 1.91 bits per heavy atom. The molecule has 1 aromatic heterocycles. The van der Waals surface area contributed by atoms with E-state index in [1.54, 1.807) is 31.4 Å². The minimum atomic E-state index is -0.119. The first-order valence-corrected chi connectivity index (χ1v) is 7.64. The second-order valence-corrected chi connectivity index (χ2v) is 4.08. The summed E-state index contributed by atoms with van der Waals surface area (Å²) in [6.07, 6.45) is 5.40. The van der Waals surface area contributed by atoms with Crippen LogP contribution < -0.4 is 0 Å². The summed E-state index contributed by atoms with van der Waals surface area (Å²) in [6.45, 7) is 5.29. The maximum atomic E-state index is 8.88. The Labute approximate surface area is 138 Å². The SMILES string of the molecule is CC.CO/C(=C\C=C\COCCO)COCc1ccc(CO)o1. The van der Waals surface area contributed by atoms with E-state index in [2.05, 4.69) is 0 Å². The number of methoxy groups -OCH3 is 1. The molecule has 1 rings (SSSR count). The molecule has 0 aliphatic heterocycles. The van der Waals surface area contributed by atoms with Crippen molar-refractivity contribution in [3.05, 3.63) is 47.6 Å². The molecule has 132 valence electrons. The van der Waals surface area contributed by atoms with Crippen LogP contribution in [0, 0.1) is 0 Å². The minimum Gasteiger partial charge on any atom is -0.499 e. The van der Waals surface area contributed by atoms with E-state index in [9.17, 15) is 0 Å². The summed E-state index contributed by atoms with van der Waals surface area (Å²) in [5.41, 5.74) is 0. The van der Waals surface area contributed by atoms with Crippen molar-refractivity contribution >= 4 is 0 Å². The lowest BCUT2D eigenvalue weighted by atomic mass is 10.4. The highest BCUT2D eigenvalue weighted by molar-refractivity contribution is 5.08. The predicted molar refractivity (Wildman–Crippen MR) is 87.8 cm³/mol. The first-order chi connectivity index (χ1) is 11.3. The molecule has 0 atom stereocenters. The minimum absolute atomic E-state index is 0.0195. The van der Waals surface area contributed by atoms with Gasteiger partial charge in [0.1, 0.15) is 37.1 Å². The number of hydrogen-bond acceptors (Lipinski definition) is 6. The fourth-order valence-electron chi connectivity index (χ4n) is 1.46. The average molecular weight is 328 g/mol. The molecule has 0 spiro atoms. The van der Waals surface area contributed by atoms with E-state index in [1.807, 2.05) is 19.9 Å². The zero-order valence-electron chi connectivity index (χ0n) is 14.2. The highest BCUT2D eigenvalue weighted by atomic mass is 16.5. The van der Waals surface area contributed by atoms with Gasteiger partial charge in [0.25, 0.3) is 0 Å². The van der Waals surface area contributed by atoms with Crippen LogP contribution in [0.4, 0.5) is 0 Å². The molecule has 0 fully saturated rings. The van der Waals surface area contributed by atoms with Crippen LogP contribution in [0.3, 0.4) is 0 Å². The van der Waals surface area contributed by atoms with Gasteiger partial charge >= 0.3 is 0 Å². The Hall–Kier alpha value is -1.60. The third kappa shape index (κ3) is 10.7. The van der Waals surface area contributed by atoms with Gasteiger partial charge in [-0.1, -0.05) is 26.0 Å². The van der Waals surface area contributed by atoms with Crippen LogP contribution in [-0.2, 0) is 27.4 Å². The number of hydrogen-bond donors (Lipinski definition) is 2. The quantitative estimate of drug-likeness (QED) is 0.369. The largest absolute Gasteiger partial charge is 0.499 e. The number of aliphatic hydroxyl groups is 2. The van der Waals surface area contributed by atoms with E-state index in [0.29, 0.717) is 43.7 Å². The molecule has 0 aromatic carbocycles. The third-order valence-corrected chi connectivity index (χ3v) is 2.49. The Morgan fingerprint density at radius 1 is 1.17 bits per heavy atom. The topological polar surface area (TPSA) is 81.3 Å². The molecule has 0 aliphatic rings.